The Balaban J connectivity index is 2.62. The van der Waals surface area contributed by atoms with Crippen LogP contribution in [-0.2, 0) is 14.3 Å². The van der Waals surface area contributed by atoms with E-state index >= 15 is 0 Å². The van der Waals surface area contributed by atoms with Crippen molar-refractivity contribution < 1.29 is 19.1 Å². The highest BCUT2D eigenvalue weighted by Crippen LogP contribution is 2.17. The number of alkyl carbamates (subject to hydrolysis) is 1. The van der Waals surface area contributed by atoms with Gasteiger partial charge in [-0.25, -0.2) is 9.59 Å². The standard InChI is InChI=1S/C14H21NO4/c1-5-18-12(16)10-7-6-8-11(9-10)15-13(17)19-14(2,3)4/h8-9H,5-7H2,1-4H3,(H,15,17). The third-order valence-corrected chi connectivity index (χ3v) is 2.29. The van der Waals surface area contributed by atoms with Crippen molar-refractivity contribution in [2.75, 3.05) is 6.61 Å². The van der Waals surface area contributed by atoms with Crippen LogP contribution in [-0.4, -0.2) is 24.3 Å². The Kier molecular flexibility index (Phi) is 5.15. The highest BCUT2D eigenvalue weighted by molar-refractivity contribution is 5.89. The first-order valence-corrected chi connectivity index (χ1v) is 6.39. The predicted molar refractivity (Wildman–Crippen MR) is 71.4 cm³/mol. The van der Waals surface area contributed by atoms with E-state index in [-0.39, 0.29) is 5.97 Å². The summed E-state index contributed by atoms with van der Waals surface area (Å²) in [7, 11) is 0. The maximum Gasteiger partial charge on any atom is 0.412 e. The average Bonchev–Trinajstić information content (AvgIpc) is 2.27. The van der Waals surface area contributed by atoms with Crippen molar-refractivity contribution in [1.82, 2.24) is 5.32 Å². The van der Waals surface area contributed by atoms with E-state index in [1.54, 1.807) is 33.8 Å². The summed E-state index contributed by atoms with van der Waals surface area (Å²) in [5.41, 5.74) is 0.589. The van der Waals surface area contributed by atoms with Gasteiger partial charge in [0, 0.05) is 11.3 Å². The van der Waals surface area contributed by atoms with E-state index in [1.165, 1.54) is 0 Å². The molecule has 0 saturated carbocycles. The molecule has 0 atom stereocenters. The number of amides is 1. The summed E-state index contributed by atoms with van der Waals surface area (Å²) in [5, 5.41) is 2.62. The monoisotopic (exact) mass is 267 g/mol. The molecule has 1 amide bonds. The lowest BCUT2D eigenvalue weighted by Crippen LogP contribution is -2.32. The van der Waals surface area contributed by atoms with E-state index in [1.807, 2.05) is 6.08 Å². The van der Waals surface area contributed by atoms with Gasteiger partial charge in [0.05, 0.1) is 6.61 Å². The zero-order chi connectivity index (χ0) is 14.5. The highest BCUT2D eigenvalue weighted by Gasteiger charge is 2.19. The molecule has 1 rings (SSSR count). The second kappa shape index (κ2) is 6.41. The van der Waals surface area contributed by atoms with E-state index < -0.39 is 11.7 Å². The molecular weight excluding hydrogens is 246 g/mol. The number of carbonyl (C=O) groups excluding carboxylic acids is 2. The molecule has 5 nitrogen and oxygen atoms in total. The van der Waals surface area contributed by atoms with Crippen LogP contribution in [0.4, 0.5) is 4.79 Å². The van der Waals surface area contributed by atoms with Gasteiger partial charge < -0.3 is 9.47 Å². The topological polar surface area (TPSA) is 64.6 Å². The van der Waals surface area contributed by atoms with Gasteiger partial charge in [0.1, 0.15) is 5.60 Å². The van der Waals surface area contributed by atoms with Gasteiger partial charge in [-0.3, -0.25) is 5.32 Å². The fourth-order valence-corrected chi connectivity index (χ4v) is 1.60. The van der Waals surface area contributed by atoms with E-state index in [0.29, 0.717) is 30.7 Å². The zero-order valence-electron chi connectivity index (χ0n) is 11.9. The van der Waals surface area contributed by atoms with Crippen LogP contribution < -0.4 is 5.32 Å². The number of esters is 1. The summed E-state index contributed by atoms with van der Waals surface area (Å²) >= 11 is 0. The molecule has 106 valence electrons. The van der Waals surface area contributed by atoms with E-state index in [0.717, 1.165) is 0 Å². The summed E-state index contributed by atoms with van der Waals surface area (Å²) < 4.78 is 10.1. The quantitative estimate of drug-likeness (QED) is 0.798. The smallest absolute Gasteiger partial charge is 0.412 e. The Hall–Kier alpha value is -1.78. The van der Waals surface area contributed by atoms with Crippen molar-refractivity contribution in [3.05, 3.63) is 23.4 Å². The first kappa shape index (κ1) is 15.3. The minimum Gasteiger partial charge on any atom is -0.463 e. The van der Waals surface area contributed by atoms with Gasteiger partial charge in [-0.15, -0.1) is 0 Å². The summed E-state index contributed by atoms with van der Waals surface area (Å²) in [4.78, 5) is 23.2. The first-order chi connectivity index (χ1) is 8.81. The van der Waals surface area contributed by atoms with E-state index in [2.05, 4.69) is 5.32 Å². The lowest BCUT2D eigenvalue weighted by atomic mass is 10.0. The van der Waals surface area contributed by atoms with Crippen LogP contribution in [0.2, 0.25) is 0 Å². The fraction of sp³-hybridized carbons (Fsp3) is 0.571. The summed E-state index contributed by atoms with van der Waals surface area (Å²) in [5.74, 6) is -0.334. The number of hydrogen-bond donors (Lipinski definition) is 1. The molecule has 0 radical (unpaired) electrons. The summed E-state index contributed by atoms with van der Waals surface area (Å²) in [6, 6.07) is 0. The second-order valence-electron chi connectivity index (χ2n) is 5.22. The molecule has 0 heterocycles. The van der Waals surface area contributed by atoms with Crippen molar-refractivity contribution in [2.24, 2.45) is 0 Å². The molecule has 1 aliphatic carbocycles. The van der Waals surface area contributed by atoms with Crippen LogP contribution in [0, 0.1) is 0 Å². The van der Waals surface area contributed by atoms with Crippen LogP contribution in [0.5, 0.6) is 0 Å². The molecule has 0 aromatic heterocycles. The Labute approximate surface area is 113 Å². The molecule has 0 saturated heterocycles. The van der Waals surface area contributed by atoms with Gasteiger partial charge in [0.25, 0.3) is 0 Å². The minimum absolute atomic E-state index is 0.334. The van der Waals surface area contributed by atoms with Crippen molar-refractivity contribution >= 4 is 12.1 Å². The Morgan fingerprint density at radius 1 is 1.37 bits per heavy atom. The molecule has 0 aromatic carbocycles. The molecule has 0 aliphatic heterocycles. The van der Waals surface area contributed by atoms with Crippen LogP contribution in [0.25, 0.3) is 0 Å². The predicted octanol–water partition coefficient (Wildman–Crippen LogP) is 2.68. The number of carbonyl (C=O) groups is 2. The largest absolute Gasteiger partial charge is 0.463 e. The Morgan fingerprint density at radius 2 is 2.05 bits per heavy atom. The zero-order valence-corrected chi connectivity index (χ0v) is 11.9. The lowest BCUT2D eigenvalue weighted by Gasteiger charge is -2.21. The Bertz CT molecular complexity index is 416. The molecule has 0 aromatic rings. The second-order valence-corrected chi connectivity index (χ2v) is 5.22. The van der Waals surface area contributed by atoms with Crippen LogP contribution >= 0.6 is 0 Å². The number of rotatable bonds is 3. The number of nitrogens with one attached hydrogen (secondary N) is 1. The first-order valence-electron chi connectivity index (χ1n) is 6.39. The van der Waals surface area contributed by atoms with Gasteiger partial charge in [0.15, 0.2) is 0 Å². The molecule has 0 unspecified atom stereocenters. The fourth-order valence-electron chi connectivity index (χ4n) is 1.60. The summed E-state index contributed by atoms with van der Waals surface area (Å²) in [6.07, 6.45) is 4.27. The van der Waals surface area contributed by atoms with Gasteiger partial charge in [-0.2, -0.15) is 0 Å². The molecular formula is C14H21NO4. The van der Waals surface area contributed by atoms with Crippen LogP contribution in [0.3, 0.4) is 0 Å². The maximum atomic E-state index is 11.6. The average molecular weight is 267 g/mol. The number of hydrogen-bond acceptors (Lipinski definition) is 4. The number of ether oxygens (including phenoxy) is 2. The molecule has 19 heavy (non-hydrogen) atoms. The Morgan fingerprint density at radius 3 is 2.63 bits per heavy atom. The summed E-state index contributed by atoms with van der Waals surface area (Å²) in [6.45, 7) is 7.48. The highest BCUT2D eigenvalue weighted by atomic mass is 16.6. The van der Waals surface area contributed by atoms with Gasteiger partial charge >= 0.3 is 12.1 Å². The third-order valence-electron chi connectivity index (χ3n) is 2.29. The number of allylic oxidation sites excluding steroid dienone is 2. The molecule has 5 heteroatoms. The third kappa shape index (κ3) is 5.59. The molecule has 0 fully saturated rings. The molecule has 1 N–H and O–H groups in total. The van der Waals surface area contributed by atoms with Crippen molar-refractivity contribution in [3.8, 4) is 0 Å². The van der Waals surface area contributed by atoms with Crippen LogP contribution in [0.1, 0.15) is 40.5 Å². The normalized spacial score (nSPS) is 15.2. The lowest BCUT2D eigenvalue weighted by molar-refractivity contribution is -0.138. The molecule has 0 spiro atoms. The van der Waals surface area contributed by atoms with Gasteiger partial charge in [0.2, 0.25) is 0 Å². The molecule has 1 aliphatic rings. The van der Waals surface area contributed by atoms with E-state index in [9.17, 15) is 9.59 Å². The van der Waals surface area contributed by atoms with Gasteiger partial charge in [-0.05, 0) is 46.6 Å². The van der Waals surface area contributed by atoms with Gasteiger partial charge in [-0.1, -0.05) is 6.08 Å². The SMILES string of the molecule is CCOC(=O)C1=CC(NC(=O)OC(C)(C)C)=CCC1. The molecule has 0 bridgehead atoms. The van der Waals surface area contributed by atoms with E-state index in [4.69, 9.17) is 9.47 Å². The minimum atomic E-state index is -0.549. The van der Waals surface area contributed by atoms with Crippen molar-refractivity contribution in [2.45, 2.75) is 46.1 Å². The van der Waals surface area contributed by atoms with Crippen LogP contribution in [0.15, 0.2) is 23.4 Å². The van der Waals surface area contributed by atoms with Crippen molar-refractivity contribution in [3.63, 3.8) is 0 Å². The maximum absolute atomic E-state index is 11.6. The van der Waals surface area contributed by atoms with Crippen molar-refractivity contribution in [1.29, 1.82) is 0 Å².